The Hall–Kier alpha value is -2.96. The summed E-state index contributed by atoms with van der Waals surface area (Å²) in [5, 5.41) is 10.8. The van der Waals surface area contributed by atoms with Crippen molar-refractivity contribution in [2.75, 3.05) is 0 Å². The van der Waals surface area contributed by atoms with Crippen molar-refractivity contribution in [3.05, 3.63) is 74.7 Å². The first-order valence-corrected chi connectivity index (χ1v) is 7.73. The highest BCUT2D eigenvalue weighted by Crippen LogP contribution is 2.28. The van der Waals surface area contributed by atoms with Crippen molar-refractivity contribution in [1.82, 2.24) is 9.47 Å². The second-order valence-electron chi connectivity index (χ2n) is 5.85. The van der Waals surface area contributed by atoms with Crippen LogP contribution < -0.4 is 5.56 Å². The van der Waals surface area contributed by atoms with Crippen LogP contribution in [0.2, 0.25) is 0 Å². The smallest absolute Gasteiger partial charge is 0.285 e. The first-order valence-electron chi connectivity index (χ1n) is 7.73. The van der Waals surface area contributed by atoms with E-state index >= 15 is 0 Å². The fraction of sp³-hybridized carbons (Fsp3) is 0.294. The Balaban J connectivity index is 1.78. The third kappa shape index (κ3) is 3.68. The summed E-state index contributed by atoms with van der Waals surface area (Å²) in [6.07, 6.45) is 3.01. The Morgan fingerprint density at radius 2 is 1.92 bits per heavy atom. The molecule has 124 valence electrons. The van der Waals surface area contributed by atoms with Crippen LogP contribution in [0.4, 0.5) is 5.69 Å². The van der Waals surface area contributed by atoms with Crippen molar-refractivity contribution < 1.29 is 9.72 Å². The normalized spacial score (nSPS) is 13.5. The summed E-state index contributed by atoms with van der Waals surface area (Å²) in [6, 6.07) is 12.1. The first kappa shape index (κ1) is 15.9. The molecule has 1 heterocycles. The average molecular weight is 327 g/mol. The third-order valence-corrected chi connectivity index (χ3v) is 3.99. The van der Waals surface area contributed by atoms with Gasteiger partial charge in [-0.1, -0.05) is 30.3 Å². The van der Waals surface area contributed by atoms with E-state index in [1.54, 1.807) is 4.90 Å². The molecule has 0 saturated heterocycles. The van der Waals surface area contributed by atoms with E-state index in [0.29, 0.717) is 6.54 Å². The molecule has 0 bridgehead atoms. The van der Waals surface area contributed by atoms with Crippen LogP contribution in [0.5, 0.6) is 0 Å². The molecule has 0 unspecified atom stereocenters. The van der Waals surface area contributed by atoms with Crippen molar-refractivity contribution in [2.45, 2.75) is 32.0 Å². The van der Waals surface area contributed by atoms with Gasteiger partial charge in [0.15, 0.2) is 0 Å². The maximum atomic E-state index is 12.6. The van der Waals surface area contributed by atoms with Crippen molar-refractivity contribution in [3.8, 4) is 0 Å². The lowest BCUT2D eigenvalue weighted by Gasteiger charge is -2.23. The number of hydrogen-bond donors (Lipinski definition) is 0. The zero-order chi connectivity index (χ0) is 17.1. The summed E-state index contributed by atoms with van der Waals surface area (Å²) >= 11 is 0. The predicted octanol–water partition coefficient (Wildman–Crippen LogP) is 1.95. The Morgan fingerprint density at radius 1 is 1.21 bits per heavy atom. The van der Waals surface area contributed by atoms with Crippen LogP contribution in [0.25, 0.3) is 0 Å². The van der Waals surface area contributed by atoms with Crippen LogP contribution in [-0.2, 0) is 17.9 Å². The number of hydrogen-bond acceptors (Lipinski definition) is 4. The largest absolute Gasteiger partial charge is 0.334 e. The predicted molar refractivity (Wildman–Crippen MR) is 87.4 cm³/mol. The van der Waals surface area contributed by atoms with Gasteiger partial charge in [-0.3, -0.25) is 24.3 Å². The number of aromatic nitrogens is 1. The van der Waals surface area contributed by atoms with Crippen LogP contribution in [0.3, 0.4) is 0 Å². The third-order valence-electron chi connectivity index (χ3n) is 3.99. The Kier molecular flexibility index (Phi) is 4.41. The minimum absolute atomic E-state index is 0.187. The van der Waals surface area contributed by atoms with Crippen molar-refractivity contribution in [3.63, 3.8) is 0 Å². The van der Waals surface area contributed by atoms with Gasteiger partial charge in [-0.05, 0) is 18.4 Å². The summed E-state index contributed by atoms with van der Waals surface area (Å²) in [4.78, 5) is 36.5. The number of carbonyl (C=O) groups is 1. The van der Waals surface area contributed by atoms with Crippen LogP contribution in [0, 0.1) is 10.1 Å². The van der Waals surface area contributed by atoms with Crippen molar-refractivity contribution in [2.24, 2.45) is 0 Å². The number of benzene rings is 1. The van der Waals surface area contributed by atoms with Gasteiger partial charge < -0.3 is 4.90 Å². The zero-order valence-electron chi connectivity index (χ0n) is 13.0. The maximum absolute atomic E-state index is 12.6. The van der Waals surface area contributed by atoms with Gasteiger partial charge in [0.25, 0.3) is 11.2 Å². The molecule has 1 amide bonds. The summed E-state index contributed by atoms with van der Waals surface area (Å²) in [6.45, 7) is 0.290. The van der Waals surface area contributed by atoms with Gasteiger partial charge in [0.05, 0.1) is 11.1 Å². The van der Waals surface area contributed by atoms with E-state index in [4.69, 9.17) is 0 Å². The van der Waals surface area contributed by atoms with E-state index in [2.05, 4.69) is 0 Å². The minimum atomic E-state index is -0.580. The molecule has 0 spiro atoms. The van der Waals surface area contributed by atoms with E-state index < -0.39 is 10.5 Å². The van der Waals surface area contributed by atoms with Gasteiger partial charge in [0.2, 0.25) is 5.91 Å². The molecular weight excluding hydrogens is 310 g/mol. The van der Waals surface area contributed by atoms with Gasteiger partial charge in [0.1, 0.15) is 6.54 Å². The molecule has 0 N–H and O–H groups in total. The number of nitrogens with zero attached hydrogens (tertiary/aromatic N) is 3. The molecule has 0 aliphatic heterocycles. The molecule has 7 heteroatoms. The van der Waals surface area contributed by atoms with Crippen molar-refractivity contribution in [1.29, 1.82) is 0 Å². The highest BCUT2D eigenvalue weighted by Gasteiger charge is 2.32. The van der Waals surface area contributed by atoms with Crippen LogP contribution in [0.1, 0.15) is 18.4 Å². The van der Waals surface area contributed by atoms with E-state index in [1.807, 2.05) is 30.3 Å². The second-order valence-corrected chi connectivity index (χ2v) is 5.85. The fourth-order valence-electron chi connectivity index (χ4n) is 2.57. The first-order chi connectivity index (χ1) is 11.5. The van der Waals surface area contributed by atoms with Crippen LogP contribution in [0.15, 0.2) is 53.5 Å². The summed E-state index contributed by atoms with van der Waals surface area (Å²) in [5.74, 6) is -0.205. The average Bonchev–Trinajstić information content (AvgIpc) is 3.40. The fourth-order valence-corrected chi connectivity index (χ4v) is 2.57. The van der Waals surface area contributed by atoms with E-state index in [9.17, 15) is 19.7 Å². The highest BCUT2D eigenvalue weighted by molar-refractivity contribution is 5.76. The molecular formula is C17H17N3O4. The van der Waals surface area contributed by atoms with Gasteiger partial charge >= 0.3 is 0 Å². The molecule has 24 heavy (non-hydrogen) atoms. The van der Waals surface area contributed by atoms with Crippen molar-refractivity contribution >= 4 is 11.6 Å². The minimum Gasteiger partial charge on any atom is -0.334 e. The highest BCUT2D eigenvalue weighted by atomic mass is 16.6. The molecule has 0 radical (unpaired) electrons. The Labute approximate surface area is 138 Å². The van der Waals surface area contributed by atoms with Gasteiger partial charge in [-0.2, -0.15) is 0 Å². The lowest BCUT2D eigenvalue weighted by molar-refractivity contribution is -0.385. The Bertz CT molecular complexity index is 812. The molecule has 7 nitrogen and oxygen atoms in total. The number of pyridine rings is 1. The maximum Gasteiger partial charge on any atom is 0.285 e. The number of amides is 1. The number of carbonyl (C=O) groups excluding carboxylic acids is 1. The molecule has 2 aromatic rings. The standard InChI is InChI=1S/C17H17N3O4/c21-16-9-8-15(20(23)24)11-18(16)12-17(22)19(14-6-7-14)10-13-4-2-1-3-5-13/h1-5,8-9,11,14H,6-7,10,12H2. The number of nitro groups is 1. The zero-order valence-corrected chi connectivity index (χ0v) is 13.0. The lowest BCUT2D eigenvalue weighted by atomic mass is 10.2. The molecule has 1 aliphatic rings. The molecule has 1 aliphatic carbocycles. The molecule has 1 saturated carbocycles. The van der Waals surface area contributed by atoms with Gasteiger partial charge in [-0.25, -0.2) is 0 Å². The lowest BCUT2D eigenvalue weighted by Crippen LogP contribution is -2.37. The summed E-state index contributed by atoms with van der Waals surface area (Å²) < 4.78 is 1.10. The summed E-state index contributed by atoms with van der Waals surface area (Å²) in [5.41, 5.74) is 0.386. The molecule has 3 rings (SSSR count). The van der Waals surface area contributed by atoms with Crippen LogP contribution in [-0.4, -0.2) is 26.3 Å². The van der Waals surface area contributed by atoms with Crippen LogP contribution >= 0.6 is 0 Å². The topological polar surface area (TPSA) is 85.5 Å². The monoisotopic (exact) mass is 327 g/mol. The number of rotatable bonds is 6. The molecule has 1 aromatic carbocycles. The van der Waals surface area contributed by atoms with Gasteiger partial charge in [0, 0.05) is 24.7 Å². The Morgan fingerprint density at radius 3 is 2.54 bits per heavy atom. The van der Waals surface area contributed by atoms with E-state index in [0.717, 1.165) is 41.3 Å². The molecule has 1 fully saturated rings. The SMILES string of the molecule is O=C(Cn1cc([N+](=O)[O-])ccc1=O)N(Cc1ccccc1)C1CC1. The quantitative estimate of drug-likeness (QED) is 0.599. The van der Waals surface area contributed by atoms with E-state index in [1.165, 1.54) is 0 Å². The second kappa shape index (κ2) is 6.66. The molecule has 1 aromatic heterocycles. The molecule has 0 atom stereocenters. The summed E-state index contributed by atoms with van der Waals surface area (Å²) in [7, 11) is 0. The van der Waals surface area contributed by atoms with E-state index in [-0.39, 0.29) is 24.2 Å². The van der Waals surface area contributed by atoms with Gasteiger partial charge in [-0.15, -0.1) is 0 Å².